The van der Waals surface area contributed by atoms with Gasteiger partial charge in [0, 0.05) is 13.1 Å². The molecule has 1 N–H and O–H groups in total. The number of nitrogens with zero attached hydrogens (tertiary/aromatic N) is 2. The van der Waals surface area contributed by atoms with Crippen LogP contribution in [0.25, 0.3) is 0 Å². The Bertz CT molecular complexity index is 605. The van der Waals surface area contributed by atoms with Crippen LogP contribution in [0, 0.1) is 0 Å². The summed E-state index contributed by atoms with van der Waals surface area (Å²) in [6.45, 7) is 5.29. The van der Waals surface area contributed by atoms with Gasteiger partial charge in [-0.1, -0.05) is 37.6 Å². The summed E-state index contributed by atoms with van der Waals surface area (Å²) in [6.07, 6.45) is 7.24. The molecule has 0 spiro atoms. The van der Waals surface area contributed by atoms with Gasteiger partial charge in [-0.3, -0.25) is 9.59 Å². The van der Waals surface area contributed by atoms with E-state index in [0.717, 1.165) is 31.2 Å². The summed E-state index contributed by atoms with van der Waals surface area (Å²) in [4.78, 5) is 25.6. The Morgan fingerprint density at radius 3 is 2.71 bits per heavy atom. The highest BCUT2D eigenvalue weighted by molar-refractivity contribution is 6.35. The maximum Gasteiger partial charge on any atom is 0.329 e. The quantitative estimate of drug-likeness (QED) is 0.389. The number of carbonyl (C=O) groups excluding carboxylic acids is 2. The highest BCUT2D eigenvalue weighted by atomic mass is 16.5. The van der Waals surface area contributed by atoms with Gasteiger partial charge in [-0.05, 0) is 30.5 Å². The molecule has 2 amide bonds. The summed E-state index contributed by atoms with van der Waals surface area (Å²) in [5.74, 6) is -0.532. The zero-order chi connectivity index (χ0) is 17.2. The van der Waals surface area contributed by atoms with E-state index in [1.54, 1.807) is 17.0 Å². The zero-order valence-corrected chi connectivity index (χ0v) is 13.7. The lowest BCUT2D eigenvalue weighted by Gasteiger charge is -2.18. The Hall–Kier alpha value is -2.63. The molecule has 0 radical (unpaired) electrons. The van der Waals surface area contributed by atoms with Crippen molar-refractivity contribution in [3.63, 3.8) is 0 Å². The molecule has 0 unspecified atom stereocenters. The molecule has 1 aliphatic rings. The molecule has 6 nitrogen and oxygen atoms in total. The molecule has 6 heteroatoms. The van der Waals surface area contributed by atoms with Crippen molar-refractivity contribution in [1.29, 1.82) is 0 Å². The van der Waals surface area contributed by atoms with Crippen molar-refractivity contribution in [1.82, 2.24) is 10.3 Å². The van der Waals surface area contributed by atoms with Gasteiger partial charge in [0.15, 0.2) is 0 Å². The molecule has 1 fully saturated rings. The topological polar surface area (TPSA) is 71.0 Å². The minimum Gasteiger partial charge on any atom is -0.490 e. The monoisotopic (exact) mass is 329 g/mol. The van der Waals surface area contributed by atoms with E-state index in [1.807, 2.05) is 18.2 Å². The third-order valence-electron chi connectivity index (χ3n) is 3.69. The molecule has 0 bridgehead atoms. The lowest BCUT2D eigenvalue weighted by atomic mass is 10.2. The van der Waals surface area contributed by atoms with Gasteiger partial charge in [-0.25, -0.2) is 5.43 Å². The fourth-order valence-electron chi connectivity index (χ4n) is 2.47. The second-order valence-corrected chi connectivity index (χ2v) is 5.58. The second kappa shape index (κ2) is 9.50. The summed E-state index contributed by atoms with van der Waals surface area (Å²) >= 11 is 0. The summed E-state index contributed by atoms with van der Waals surface area (Å²) in [6, 6.07) is 7.26. The number of benzene rings is 1. The van der Waals surface area contributed by atoms with Crippen LogP contribution >= 0.6 is 0 Å². The van der Waals surface area contributed by atoms with Gasteiger partial charge in [-0.2, -0.15) is 5.10 Å². The molecule has 1 aromatic rings. The van der Waals surface area contributed by atoms with E-state index in [-0.39, 0.29) is 0 Å². The predicted molar refractivity (Wildman–Crippen MR) is 92.9 cm³/mol. The summed E-state index contributed by atoms with van der Waals surface area (Å²) in [5, 5.41) is 3.85. The smallest absolute Gasteiger partial charge is 0.329 e. The van der Waals surface area contributed by atoms with Crippen molar-refractivity contribution in [3.05, 3.63) is 42.5 Å². The molecule has 0 aliphatic carbocycles. The van der Waals surface area contributed by atoms with Crippen LogP contribution in [-0.2, 0) is 9.59 Å². The minimum atomic E-state index is -0.702. The number of likely N-dealkylation sites (tertiary alicyclic amines) is 1. The van der Waals surface area contributed by atoms with Gasteiger partial charge in [0.2, 0.25) is 0 Å². The van der Waals surface area contributed by atoms with Crippen LogP contribution in [0.4, 0.5) is 0 Å². The van der Waals surface area contributed by atoms with Crippen LogP contribution in [0.1, 0.15) is 31.2 Å². The molecule has 1 saturated heterocycles. The van der Waals surface area contributed by atoms with E-state index in [9.17, 15) is 9.59 Å². The average molecular weight is 329 g/mol. The Morgan fingerprint density at radius 2 is 2.00 bits per heavy atom. The summed E-state index contributed by atoms with van der Waals surface area (Å²) in [7, 11) is 0. The van der Waals surface area contributed by atoms with Crippen molar-refractivity contribution in [2.24, 2.45) is 5.10 Å². The molecule has 1 aromatic carbocycles. The lowest BCUT2D eigenvalue weighted by molar-refractivity contribution is -0.145. The highest BCUT2D eigenvalue weighted by Crippen LogP contribution is 2.12. The van der Waals surface area contributed by atoms with Crippen LogP contribution in [-0.4, -0.2) is 42.6 Å². The van der Waals surface area contributed by atoms with Crippen LogP contribution < -0.4 is 10.2 Å². The molecule has 2 rings (SSSR count). The number of ether oxygens (including phenoxy) is 1. The van der Waals surface area contributed by atoms with Gasteiger partial charge < -0.3 is 9.64 Å². The highest BCUT2D eigenvalue weighted by Gasteiger charge is 2.22. The van der Waals surface area contributed by atoms with E-state index in [2.05, 4.69) is 17.1 Å². The Labute approximate surface area is 142 Å². The van der Waals surface area contributed by atoms with Crippen molar-refractivity contribution >= 4 is 18.0 Å². The normalized spacial score (nSPS) is 14.9. The number of rotatable bonds is 5. The first kappa shape index (κ1) is 17.7. The van der Waals surface area contributed by atoms with Gasteiger partial charge in [0.25, 0.3) is 0 Å². The maximum atomic E-state index is 12.1. The Balaban J connectivity index is 1.87. The number of hydrazone groups is 1. The number of nitrogens with one attached hydrogen (secondary N) is 1. The number of hydrogen-bond acceptors (Lipinski definition) is 4. The third kappa shape index (κ3) is 5.53. The Morgan fingerprint density at radius 1 is 1.25 bits per heavy atom. The summed E-state index contributed by atoms with van der Waals surface area (Å²) in [5.41, 5.74) is 3.06. The van der Waals surface area contributed by atoms with Gasteiger partial charge >= 0.3 is 11.8 Å². The number of amides is 2. The molecule has 0 aromatic heterocycles. The van der Waals surface area contributed by atoms with Crippen molar-refractivity contribution in [2.75, 3.05) is 19.7 Å². The molecule has 1 heterocycles. The van der Waals surface area contributed by atoms with Crippen molar-refractivity contribution in [3.8, 4) is 5.75 Å². The molecule has 24 heavy (non-hydrogen) atoms. The standard InChI is InChI=1S/C18H23N3O3/c1-2-12-24-16-9-7-8-15(13-16)14-19-20-17(22)18(23)21-10-5-3-4-6-11-21/h2,7-9,13-14H,1,3-6,10-12H2,(H,20,22)/b19-14-. The first-order chi connectivity index (χ1) is 11.7. The average Bonchev–Trinajstić information content (AvgIpc) is 2.89. The number of carbonyl (C=O) groups is 2. The lowest BCUT2D eigenvalue weighted by Crippen LogP contribution is -2.41. The minimum absolute atomic E-state index is 0.418. The molecule has 1 aliphatic heterocycles. The fourth-order valence-corrected chi connectivity index (χ4v) is 2.47. The van der Waals surface area contributed by atoms with E-state index in [0.29, 0.717) is 25.4 Å². The Kier molecular flexibility index (Phi) is 7.01. The molecule has 0 atom stereocenters. The van der Waals surface area contributed by atoms with Gasteiger partial charge in [-0.15, -0.1) is 0 Å². The SMILES string of the molecule is C=CCOc1cccc(/C=N\NC(=O)C(=O)N2CCCCCC2)c1. The molecular formula is C18H23N3O3. The fraction of sp³-hybridized carbons (Fsp3) is 0.389. The maximum absolute atomic E-state index is 12.1. The van der Waals surface area contributed by atoms with Gasteiger partial charge in [0.1, 0.15) is 12.4 Å². The van der Waals surface area contributed by atoms with Gasteiger partial charge in [0.05, 0.1) is 6.21 Å². The van der Waals surface area contributed by atoms with E-state index >= 15 is 0 Å². The molecular weight excluding hydrogens is 306 g/mol. The van der Waals surface area contributed by atoms with Crippen LogP contribution in [0.15, 0.2) is 42.0 Å². The van der Waals surface area contributed by atoms with Crippen molar-refractivity contribution in [2.45, 2.75) is 25.7 Å². The second-order valence-electron chi connectivity index (χ2n) is 5.58. The number of hydrogen-bond donors (Lipinski definition) is 1. The zero-order valence-electron chi connectivity index (χ0n) is 13.7. The van der Waals surface area contributed by atoms with Crippen LogP contribution in [0.3, 0.4) is 0 Å². The van der Waals surface area contributed by atoms with Crippen molar-refractivity contribution < 1.29 is 14.3 Å². The predicted octanol–water partition coefficient (Wildman–Crippen LogP) is 2.10. The van der Waals surface area contributed by atoms with E-state index < -0.39 is 11.8 Å². The summed E-state index contributed by atoms with van der Waals surface area (Å²) < 4.78 is 5.42. The van der Waals surface area contributed by atoms with Crippen LogP contribution in [0.5, 0.6) is 5.75 Å². The molecule has 128 valence electrons. The third-order valence-corrected chi connectivity index (χ3v) is 3.69. The van der Waals surface area contributed by atoms with Crippen LogP contribution in [0.2, 0.25) is 0 Å². The first-order valence-corrected chi connectivity index (χ1v) is 8.17. The largest absolute Gasteiger partial charge is 0.490 e. The first-order valence-electron chi connectivity index (χ1n) is 8.17. The molecule has 0 saturated carbocycles. The van der Waals surface area contributed by atoms with E-state index in [1.165, 1.54) is 6.21 Å². The van der Waals surface area contributed by atoms with E-state index in [4.69, 9.17) is 4.74 Å².